The summed E-state index contributed by atoms with van der Waals surface area (Å²) in [5.74, 6) is 0.638. The van der Waals surface area contributed by atoms with E-state index in [0.717, 1.165) is 0 Å². The maximum Gasteiger partial charge on any atom is 0.181 e. The first kappa shape index (κ1) is 8.51. The van der Waals surface area contributed by atoms with Crippen LogP contribution in [0.5, 0.6) is 0 Å². The zero-order chi connectivity index (χ0) is 9.80. The van der Waals surface area contributed by atoms with Crippen molar-refractivity contribution in [3.8, 4) is 6.07 Å². The molecule has 0 fully saturated rings. The molecule has 2 rings (SSSR count). The quantitative estimate of drug-likeness (QED) is 0.694. The van der Waals surface area contributed by atoms with Gasteiger partial charge in [-0.1, -0.05) is 0 Å². The van der Waals surface area contributed by atoms with E-state index >= 15 is 0 Å². The van der Waals surface area contributed by atoms with E-state index in [1.54, 1.807) is 18.6 Å². The standard InChI is InChI=1S/C9H7N5/c10-3-1-2-8-13-6-7-9(14-8)12-5-4-11-7/h4-6H,1-2H2. The van der Waals surface area contributed by atoms with Crippen LogP contribution < -0.4 is 0 Å². The molecule has 0 spiro atoms. The predicted molar refractivity (Wildman–Crippen MR) is 49.1 cm³/mol. The second-order valence-corrected chi connectivity index (χ2v) is 2.71. The third kappa shape index (κ3) is 1.64. The Labute approximate surface area is 80.5 Å². The van der Waals surface area contributed by atoms with E-state index in [2.05, 4.69) is 19.9 Å². The molecule has 0 N–H and O–H groups in total. The molecule has 14 heavy (non-hydrogen) atoms. The first-order valence-corrected chi connectivity index (χ1v) is 4.20. The first-order chi connectivity index (χ1) is 6.90. The summed E-state index contributed by atoms with van der Waals surface area (Å²) in [6.07, 6.45) is 5.79. The van der Waals surface area contributed by atoms with Gasteiger partial charge in [-0.05, 0) is 0 Å². The van der Waals surface area contributed by atoms with Gasteiger partial charge in [-0.2, -0.15) is 5.26 Å². The molecule has 0 aliphatic carbocycles. The van der Waals surface area contributed by atoms with E-state index in [9.17, 15) is 0 Å². The van der Waals surface area contributed by atoms with Gasteiger partial charge in [0.1, 0.15) is 11.3 Å². The van der Waals surface area contributed by atoms with Crippen molar-refractivity contribution in [2.75, 3.05) is 0 Å². The van der Waals surface area contributed by atoms with Crippen molar-refractivity contribution in [2.24, 2.45) is 0 Å². The number of hydrogen-bond acceptors (Lipinski definition) is 5. The van der Waals surface area contributed by atoms with Crippen LogP contribution in [-0.4, -0.2) is 19.9 Å². The van der Waals surface area contributed by atoms with Gasteiger partial charge < -0.3 is 0 Å². The molecule has 0 atom stereocenters. The normalized spacial score (nSPS) is 9.93. The van der Waals surface area contributed by atoms with Gasteiger partial charge in [0, 0.05) is 25.2 Å². The van der Waals surface area contributed by atoms with Gasteiger partial charge in [0.15, 0.2) is 5.65 Å². The van der Waals surface area contributed by atoms with Crippen molar-refractivity contribution in [1.82, 2.24) is 19.9 Å². The average Bonchev–Trinajstić information content (AvgIpc) is 2.26. The lowest BCUT2D eigenvalue weighted by Crippen LogP contribution is -1.96. The molecule has 2 heterocycles. The fourth-order valence-electron chi connectivity index (χ4n) is 1.09. The molecule has 0 amide bonds. The summed E-state index contributed by atoms with van der Waals surface area (Å²) in [5, 5.41) is 8.41. The maximum atomic E-state index is 8.41. The lowest BCUT2D eigenvalue weighted by molar-refractivity contribution is 0.891. The first-order valence-electron chi connectivity index (χ1n) is 4.20. The number of hydrogen-bond donors (Lipinski definition) is 0. The van der Waals surface area contributed by atoms with E-state index in [1.807, 2.05) is 6.07 Å². The molecule has 0 aliphatic rings. The second-order valence-electron chi connectivity index (χ2n) is 2.71. The van der Waals surface area contributed by atoms with Crippen LogP contribution >= 0.6 is 0 Å². The van der Waals surface area contributed by atoms with Crippen LogP contribution in [0, 0.1) is 11.3 Å². The molecule has 0 saturated carbocycles. The molecule has 0 radical (unpaired) electrons. The Kier molecular flexibility index (Phi) is 2.28. The summed E-state index contributed by atoms with van der Waals surface area (Å²) in [6, 6.07) is 2.05. The molecule has 0 unspecified atom stereocenters. The van der Waals surface area contributed by atoms with Crippen LogP contribution in [0.4, 0.5) is 0 Å². The third-order valence-corrected chi connectivity index (χ3v) is 1.74. The number of fused-ring (bicyclic) bond motifs is 1. The van der Waals surface area contributed by atoms with Gasteiger partial charge in [0.05, 0.1) is 12.3 Å². The molecule has 0 aliphatic heterocycles. The van der Waals surface area contributed by atoms with Crippen molar-refractivity contribution in [3.05, 3.63) is 24.4 Å². The van der Waals surface area contributed by atoms with Gasteiger partial charge in [0.2, 0.25) is 0 Å². The van der Waals surface area contributed by atoms with Gasteiger partial charge in [-0.3, -0.25) is 0 Å². The monoisotopic (exact) mass is 185 g/mol. The number of aromatic nitrogens is 4. The maximum absolute atomic E-state index is 8.41. The Hall–Kier alpha value is -2.09. The molecule has 5 heteroatoms. The SMILES string of the molecule is N#CCCc1ncc2nccnc2n1. The van der Waals surface area contributed by atoms with Crippen molar-refractivity contribution >= 4 is 11.2 Å². The molecular weight excluding hydrogens is 178 g/mol. The van der Waals surface area contributed by atoms with Crippen LogP contribution in [0.15, 0.2) is 18.6 Å². The van der Waals surface area contributed by atoms with E-state index in [4.69, 9.17) is 5.26 Å². The van der Waals surface area contributed by atoms with Gasteiger partial charge in [-0.25, -0.2) is 19.9 Å². The summed E-state index contributed by atoms with van der Waals surface area (Å²) in [4.78, 5) is 16.4. The minimum atomic E-state index is 0.422. The van der Waals surface area contributed by atoms with Crippen molar-refractivity contribution in [1.29, 1.82) is 5.26 Å². The van der Waals surface area contributed by atoms with Crippen LogP contribution in [0.2, 0.25) is 0 Å². The van der Waals surface area contributed by atoms with Crippen molar-refractivity contribution < 1.29 is 0 Å². The minimum absolute atomic E-state index is 0.422. The van der Waals surface area contributed by atoms with E-state index < -0.39 is 0 Å². The van der Waals surface area contributed by atoms with Gasteiger partial charge >= 0.3 is 0 Å². The fraction of sp³-hybridized carbons (Fsp3) is 0.222. The molecule has 2 aromatic rings. The second kappa shape index (κ2) is 3.75. The highest BCUT2D eigenvalue weighted by Gasteiger charge is 2.00. The van der Waals surface area contributed by atoms with E-state index in [-0.39, 0.29) is 0 Å². The fourth-order valence-corrected chi connectivity index (χ4v) is 1.09. The number of nitrogens with zero attached hydrogens (tertiary/aromatic N) is 5. The smallest absolute Gasteiger partial charge is 0.181 e. The summed E-state index contributed by atoms with van der Waals surface area (Å²) in [7, 11) is 0. The molecule has 5 nitrogen and oxygen atoms in total. The zero-order valence-electron chi connectivity index (χ0n) is 7.38. The van der Waals surface area contributed by atoms with E-state index in [1.165, 1.54) is 0 Å². The third-order valence-electron chi connectivity index (χ3n) is 1.74. The van der Waals surface area contributed by atoms with Crippen LogP contribution in [0.1, 0.15) is 12.2 Å². The summed E-state index contributed by atoms with van der Waals surface area (Å²) in [6.45, 7) is 0. The highest BCUT2D eigenvalue weighted by molar-refractivity contribution is 5.67. The lowest BCUT2D eigenvalue weighted by atomic mass is 10.3. The Morgan fingerprint density at radius 3 is 2.93 bits per heavy atom. The molecule has 0 aromatic carbocycles. The number of rotatable bonds is 2. The molecule has 0 saturated heterocycles. The van der Waals surface area contributed by atoms with Crippen LogP contribution in [0.25, 0.3) is 11.2 Å². The number of nitriles is 1. The highest BCUT2D eigenvalue weighted by atomic mass is 15.0. The summed E-state index contributed by atoms with van der Waals surface area (Å²) < 4.78 is 0. The molecule has 68 valence electrons. The Morgan fingerprint density at radius 1 is 1.21 bits per heavy atom. The lowest BCUT2D eigenvalue weighted by Gasteiger charge is -1.97. The zero-order valence-corrected chi connectivity index (χ0v) is 7.38. The van der Waals surface area contributed by atoms with Crippen molar-refractivity contribution in [2.45, 2.75) is 12.8 Å². The summed E-state index contributed by atoms with van der Waals surface area (Å²) >= 11 is 0. The molecular formula is C9H7N5. The summed E-state index contributed by atoms with van der Waals surface area (Å²) in [5.41, 5.74) is 1.25. The number of aryl methyl sites for hydroxylation is 1. The molecule has 2 aromatic heterocycles. The average molecular weight is 185 g/mol. The topological polar surface area (TPSA) is 75.3 Å². The highest BCUT2D eigenvalue weighted by Crippen LogP contribution is 2.04. The predicted octanol–water partition coefficient (Wildman–Crippen LogP) is 0.876. The van der Waals surface area contributed by atoms with E-state index in [0.29, 0.717) is 29.8 Å². The molecule has 0 bridgehead atoms. The Morgan fingerprint density at radius 2 is 2.07 bits per heavy atom. The Bertz CT molecular complexity index is 488. The van der Waals surface area contributed by atoms with Gasteiger partial charge in [0.25, 0.3) is 0 Å². The van der Waals surface area contributed by atoms with Crippen molar-refractivity contribution in [3.63, 3.8) is 0 Å². The van der Waals surface area contributed by atoms with Gasteiger partial charge in [-0.15, -0.1) is 0 Å². The Balaban J connectivity index is 2.37. The van der Waals surface area contributed by atoms with Crippen LogP contribution in [-0.2, 0) is 6.42 Å². The largest absolute Gasteiger partial charge is 0.250 e. The minimum Gasteiger partial charge on any atom is -0.250 e. The van der Waals surface area contributed by atoms with Crippen LogP contribution in [0.3, 0.4) is 0 Å².